The summed E-state index contributed by atoms with van der Waals surface area (Å²) in [5, 5.41) is 19.6. The summed E-state index contributed by atoms with van der Waals surface area (Å²) < 4.78 is 5.18. The van der Waals surface area contributed by atoms with Crippen molar-refractivity contribution in [1.29, 1.82) is 0 Å². The Labute approximate surface area is 146 Å². The van der Waals surface area contributed by atoms with E-state index < -0.39 is 0 Å². The number of ether oxygens (including phenoxy) is 1. The van der Waals surface area contributed by atoms with Gasteiger partial charge in [-0.2, -0.15) is 0 Å². The fraction of sp³-hybridized carbons (Fsp3) is 0.412. The highest BCUT2D eigenvalue weighted by atomic mass is 32.1. The Morgan fingerprint density at radius 2 is 2.21 bits per heavy atom. The molecule has 1 heterocycles. The van der Waals surface area contributed by atoms with Crippen LogP contribution >= 0.6 is 11.3 Å². The largest absolute Gasteiger partial charge is 0.508 e. The molecule has 0 spiro atoms. The van der Waals surface area contributed by atoms with E-state index in [-0.39, 0.29) is 5.75 Å². The zero-order chi connectivity index (χ0) is 17.4. The van der Waals surface area contributed by atoms with E-state index in [4.69, 9.17) is 4.74 Å². The molecular weight excluding hydrogens is 324 g/mol. The topological polar surface area (TPSA) is 78.8 Å². The van der Waals surface area contributed by atoms with Crippen molar-refractivity contribution in [3.63, 3.8) is 0 Å². The Morgan fingerprint density at radius 3 is 2.88 bits per heavy atom. The molecule has 0 fully saturated rings. The van der Waals surface area contributed by atoms with Crippen LogP contribution in [0, 0.1) is 6.92 Å². The second-order valence-corrected chi connectivity index (χ2v) is 6.29. The first-order valence-corrected chi connectivity index (χ1v) is 8.79. The SMILES string of the molecule is CCNC(=NCc1cc(OC)ccc1O)NCCc1csc(C)n1. The Balaban J connectivity index is 1.94. The number of aromatic hydroxyl groups is 1. The molecule has 2 aromatic rings. The van der Waals surface area contributed by atoms with Crippen molar-refractivity contribution >= 4 is 17.3 Å². The third kappa shape index (κ3) is 5.42. The molecule has 0 bridgehead atoms. The van der Waals surface area contributed by atoms with Gasteiger partial charge in [-0.15, -0.1) is 11.3 Å². The third-order valence-corrected chi connectivity index (χ3v) is 4.20. The van der Waals surface area contributed by atoms with Gasteiger partial charge < -0.3 is 20.5 Å². The summed E-state index contributed by atoms with van der Waals surface area (Å²) in [4.78, 5) is 8.97. The average Bonchev–Trinajstić information content (AvgIpc) is 2.99. The van der Waals surface area contributed by atoms with Crippen LogP contribution < -0.4 is 15.4 Å². The molecule has 0 saturated carbocycles. The van der Waals surface area contributed by atoms with Crippen LogP contribution in [0.15, 0.2) is 28.6 Å². The number of benzene rings is 1. The number of hydrogen-bond acceptors (Lipinski definition) is 5. The van der Waals surface area contributed by atoms with Gasteiger partial charge in [-0.25, -0.2) is 9.98 Å². The Kier molecular flexibility index (Phi) is 6.87. The van der Waals surface area contributed by atoms with Gasteiger partial charge in [0.25, 0.3) is 0 Å². The molecule has 0 radical (unpaired) electrons. The molecule has 0 unspecified atom stereocenters. The fourth-order valence-corrected chi connectivity index (χ4v) is 2.80. The molecule has 0 saturated heterocycles. The molecule has 6 nitrogen and oxygen atoms in total. The lowest BCUT2D eigenvalue weighted by atomic mass is 10.2. The number of aliphatic imine (C=N–C) groups is 1. The number of phenolic OH excluding ortho intramolecular Hbond substituents is 1. The van der Waals surface area contributed by atoms with E-state index in [0.717, 1.165) is 35.8 Å². The van der Waals surface area contributed by atoms with Gasteiger partial charge in [0.05, 0.1) is 24.4 Å². The summed E-state index contributed by atoms with van der Waals surface area (Å²) in [6.07, 6.45) is 0.846. The maximum Gasteiger partial charge on any atom is 0.191 e. The van der Waals surface area contributed by atoms with E-state index >= 15 is 0 Å². The minimum atomic E-state index is 0.216. The van der Waals surface area contributed by atoms with Crippen LogP contribution in [0.2, 0.25) is 0 Å². The molecule has 130 valence electrons. The van der Waals surface area contributed by atoms with Crippen LogP contribution in [0.5, 0.6) is 11.5 Å². The second kappa shape index (κ2) is 9.12. The highest BCUT2D eigenvalue weighted by Gasteiger charge is 2.04. The summed E-state index contributed by atoms with van der Waals surface area (Å²) >= 11 is 1.66. The Hall–Kier alpha value is -2.28. The number of methoxy groups -OCH3 is 1. The second-order valence-electron chi connectivity index (χ2n) is 5.22. The minimum absolute atomic E-state index is 0.216. The standard InChI is InChI=1S/C17H24N4O2S/c1-4-18-17(19-8-7-14-11-24-12(2)21-14)20-10-13-9-15(23-3)5-6-16(13)22/h5-6,9,11,22H,4,7-8,10H2,1-3H3,(H2,18,19,20). The minimum Gasteiger partial charge on any atom is -0.508 e. The van der Waals surface area contributed by atoms with E-state index in [0.29, 0.717) is 18.3 Å². The first kappa shape index (κ1) is 18.1. The number of phenols is 1. The van der Waals surface area contributed by atoms with Crippen molar-refractivity contribution < 1.29 is 9.84 Å². The molecule has 0 atom stereocenters. The molecule has 0 aliphatic carbocycles. The van der Waals surface area contributed by atoms with E-state index in [9.17, 15) is 5.11 Å². The predicted molar refractivity (Wildman–Crippen MR) is 98.0 cm³/mol. The molecule has 0 amide bonds. The molecule has 2 rings (SSSR count). The van der Waals surface area contributed by atoms with Gasteiger partial charge in [-0.1, -0.05) is 0 Å². The zero-order valence-electron chi connectivity index (χ0n) is 14.3. The maximum atomic E-state index is 9.93. The van der Waals surface area contributed by atoms with Gasteiger partial charge in [0.2, 0.25) is 0 Å². The zero-order valence-corrected chi connectivity index (χ0v) is 15.1. The van der Waals surface area contributed by atoms with Crippen molar-refractivity contribution in [2.75, 3.05) is 20.2 Å². The normalized spacial score (nSPS) is 11.4. The van der Waals surface area contributed by atoms with Crippen LogP contribution in [0.4, 0.5) is 0 Å². The van der Waals surface area contributed by atoms with Crippen molar-refractivity contribution in [3.05, 3.63) is 39.8 Å². The first-order chi connectivity index (χ1) is 11.6. The van der Waals surface area contributed by atoms with Crippen molar-refractivity contribution in [2.24, 2.45) is 4.99 Å². The lowest BCUT2D eigenvalue weighted by molar-refractivity contribution is 0.411. The van der Waals surface area contributed by atoms with Crippen LogP contribution in [0.3, 0.4) is 0 Å². The van der Waals surface area contributed by atoms with Gasteiger partial charge >= 0.3 is 0 Å². The van der Waals surface area contributed by atoms with Gasteiger partial charge in [0, 0.05) is 30.5 Å². The number of hydrogen-bond donors (Lipinski definition) is 3. The molecular formula is C17H24N4O2S. The van der Waals surface area contributed by atoms with Crippen LogP contribution in [-0.4, -0.2) is 36.2 Å². The summed E-state index contributed by atoms with van der Waals surface area (Å²) in [6, 6.07) is 5.14. The Bertz CT molecular complexity index is 685. The van der Waals surface area contributed by atoms with Crippen LogP contribution in [0.25, 0.3) is 0 Å². The molecule has 7 heteroatoms. The number of thiazole rings is 1. The molecule has 3 N–H and O–H groups in total. The number of nitrogens with one attached hydrogen (secondary N) is 2. The number of nitrogens with zero attached hydrogens (tertiary/aromatic N) is 2. The lowest BCUT2D eigenvalue weighted by Crippen LogP contribution is -2.38. The predicted octanol–water partition coefficient (Wildman–Crippen LogP) is 2.46. The van der Waals surface area contributed by atoms with E-state index in [1.54, 1.807) is 36.6 Å². The highest BCUT2D eigenvalue weighted by Crippen LogP contribution is 2.23. The average molecular weight is 348 g/mol. The smallest absolute Gasteiger partial charge is 0.191 e. The van der Waals surface area contributed by atoms with Gasteiger partial charge in [0.1, 0.15) is 11.5 Å². The van der Waals surface area contributed by atoms with Gasteiger partial charge in [-0.3, -0.25) is 0 Å². The summed E-state index contributed by atoms with van der Waals surface area (Å²) in [7, 11) is 1.60. The monoisotopic (exact) mass is 348 g/mol. The van der Waals surface area contributed by atoms with E-state index in [2.05, 4.69) is 26.0 Å². The van der Waals surface area contributed by atoms with Gasteiger partial charge in [0.15, 0.2) is 5.96 Å². The van der Waals surface area contributed by atoms with Crippen molar-refractivity contribution in [3.8, 4) is 11.5 Å². The number of aromatic nitrogens is 1. The summed E-state index contributed by atoms with van der Waals surface area (Å²) in [5.74, 6) is 1.63. The van der Waals surface area contributed by atoms with Crippen LogP contribution in [0.1, 0.15) is 23.2 Å². The van der Waals surface area contributed by atoms with Crippen LogP contribution in [-0.2, 0) is 13.0 Å². The first-order valence-electron chi connectivity index (χ1n) is 7.91. The summed E-state index contributed by atoms with van der Waals surface area (Å²) in [6.45, 7) is 5.91. The lowest BCUT2D eigenvalue weighted by Gasteiger charge is -2.11. The van der Waals surface area contributed by atoms with Crippen molar-refractivity contribution in [2.45, 2.75) is 26.8 Å². The number of aryl methyl sites for hydroxylation is 1. The van der Waals surface area contributed by atoms with Gasteiger partial charge in [-0.05, 0) is 32.0 Å². The highest BCUT2D eigenvalue weighted by molar-refractivity contribution is 7.09. The molecule has 24 heavy (non-hydrogen) atoms. The third-order valence-electron chi connectivity index (χ3n) is 3.38. The molecule has 0 aliphatic heterocycles. The fourth-order valence-electron chi connectivity index (χ4n) is 2.15. The molecule has 0 aliphatic rings. The van der Waals surface area contributed by atoms with E-state index in [1.807, 2.05) is 13.8 Å². The van der Waals surface area contributed by atoms with Crippen molar-refractivity contribution in [1.82, 2.24) is 15.6 Å². The Morgan fingerprint density at radius 1 is 1.38 bits per heavy atom. The van der Waals surface area contributed by atoms with E-state index in [1.165, 1.54) is 0 Å². The number of rotatable bonds is 7. The summed E-state index contributed by atoms with van der Waals surface area (Å²) in [5.41, 5.74) is 1.81. The quantitative estimate of drug-likeness (QED) is 0.529. The molecule has 1 aromatic heterocycles. The molecule has 1 aromatic carbocycles. The maximum absolute atomic E-state index is 9.93. The number of guanidine groups is 1.